The average Bonchev–Trinajstić information content (AvgIpc) is 3.73. The molecule has 0 amide bonds. The Morgan fingerprint density at radius 1 is 0.512 bits per heavy atom. The first-order chi connectivity index (χ1) is 20.3. The van der Waals surface area contributed by atoms with Crippen LogP contribution in [0.25, 0.3) is 81.3 Å². The lowest BCUT2D eigenvalue weighted by Gasteiger charge is -2.09. The number of para-hydroxylation sites is 3. The molecule has 4 heteroatoms. The van der Waals surface area contributed by atoms with Crippen molar-refractivity contribution in [3.05, 3.63) is 133 Å². The van der Waals surface area contributed by atoms with Crippen LogP contribution < -0.4 is 0 Å². The molecule has 9 rings (SSSR count). The second-order valence-corrected chi connectivity index (χ2v) is 11.4. The normalized spacial score (nSPS) is 11.9. The molecule has 0 N–H and O–H groups in total. The van der Waals surface area contributed by atoms with Gasteiger partial charge in [0.1, 0.15) is 16.2 Å². The fraction of sp³-hybridized carbons (Fsp3) is 0. The zero-order valence-corrected chi connectivity index (χ0v) is 22.7. The van der Waals surface area contributed by atoms with Gasteiger partial charge in [0.05, 0.1) is 21.3 Å². The monoisotopic (exact) mass is 542 g/mol. The molecule has 192 valence electrons. The number of fused-ring (bicyclic) bond motifs is 8. The summed E-state index contributed by atoms with van der Waals surface area (Å²) < 4.78 is 9.62. The molecular formula is C37H22N2OS. The zero-order chi connectivity index (χ0) is 26.9. The van der Waals surface area contributed by atoms with Crippen molar-refractivity contribution in [1.29, 1.82) is 0 Å². The number of benzene rings is 6. The van der Waals surface area contributed by atoms with Crippen molar-refractivity contribution >= 4 is 65.3 Å². The summed E-state index contributed by atoms with van der Waals surface area (Å²) in [6.45, 7) is 0. The van der Waals surface area contributed by atoms with E-state index in [1.54, 1.807) is 11.3 Å². The van der Waals surface area contributed by atoms with Crippen molar-refractivity contribution in [2.24, 2.45) is 0 Å². The Hall–Kier alpha value is -5.19. The van der Waals surface area contributed by atoms with Crippen LogP contribution in [0.5, 0.6) is 0 Å². The van der Waals surface area contributed by atoms with Gasteiger partial charge in [0, 0.05) is 32.8 Å². The number of aromatic nitrogens is 2. The summed E-state index contributed by atoms with van der Waals surface area (Å²) in [5.41, 5.74) is 9.95. The molecule has 41 heavy (non-hydrogen) atoms. The van der Waals surface area contributed by atoms with E-state index >= 15 is 0 Å². The summed E-state index contributed by atoms with van der Waals surface area (Å²) in [5.74, 6) is 0. The molecule has 0 bridgehead atoms. The van der Waals surface area contributed by atoms with Crippen molar-refractivity contribution in [1.82, 2.24) is 9.55 Å². The lowest BCUT2D eigenvalue weighted by atomic mass is 10.0. The number of rotatable bonds is 3. The smallest absolute Gasteiger partial charge is 0.137 e. The highest BCUT2D eigenvalue weighted by molar-refractivity contribution is 7.22. The molecule has 0 unspecified atom stereocenters. The minimum atomic E-state index is 0.911. The number of hydrogen-bond acceptors (Lipinski definition) is 3. The summed E-state index contributed by atoms with van der Waals surface area (Å²) in [5, 5.41) is 5.87. The Morgan fingerprint density at radius 2 is 1.10 bits per heavy atom. The van der Waals surface area contributed by atoms with E-state index in [0.29, 0.717) is 0 Å². The number of hydrogen-bond donors (Lipinski definition) is 0. The van der Waals surface area contributed by atoms with Crippen molar-refractivity contribution in [2.75, 3.05) is 0 Å². The Labute approximate surface area is 239 Å². The highest BCUT2D eigenvalue weighted by Crippen LogP contribution is 2.40. The molecule has 3 nitrogen and oxygen atoms in total. The van der Waals surface area contributed by atoms with Crippen LogP contribution in [-0.2, 0) is 0 Å². The van der Waals surface area contributed by atoms with Crippen molar-refractivity contribution in [3.63, 3.8) is 0 Å². The van der Waals surface area contributed by atoms with Gasteiger partial charge in [-0.2, -0.15) is 0 Å². The largest absolute Gasteiger partial charge is 0.456 e. The molecule has 0 saturated carbocycles. The first-order valence-electron chi connectivity index (χ1n) is 13.7. The van der Waals surface area contributed by atoms with Gasteiger partial charge >= 0.3 is 0 Å². The zero-order valence-electron chi connectivity index (χ0n) is 21.9. The maximum Gasteiger partial charge on any atom is 0.137 e. The molecule has 0 aliphatic carbocycles. The second-order valence-electron chi connectivity index (χ2n) is 10.4. The SMILES string of the molecule is c1ccc2c(c1)oc1ccc3nc(-c4ccc(-c5ccc(-n6c7ccccc7c7ccccc76)cc5)cc4)sc3c12. The van der Waals surface area contributed by atoms with Crippen LogP contribution in [-0.4, -0.2) is 9.55 Å². The first-order valence-corrected chi connectivity index (χ1v) is 14.5. The van der Waals surface area contributed by atoms with E-state index in [9.17, 15) is 0 Å². The van der Waals surface area contributed by atoms with Gasteiger partial charge in [-0.1, -0.05) is 91.0 Å². The molecule has 0 spiro atoms. The van der Waals surface area contributed by atoms with Crippen molar-refractivity contribution < 1.29 is 4.42 Å². The molecule has 0 aliphatic rings. The number of thiazole rings is 1. The highest BCUT2D eigenvalue weighted by Gasteiger charge is 2.15. The van der Waals surface area contributed by atoms with E-state index in [2.05, 4.69) is 120 Å². The summed E-state index contributed by atoms with van der Waals surface area (Å²) in [6.07, 6.45) is 0. The molecule has 6 aromatic carbocycles. The lowest BCUT2D eigenvalue weighted by Crippen LogP contribution is -1.93. The van der Waals surface area contributed by atoms with E-state index in [1.807, 2.05) is 18.2 Å². The molecule has 0 saturated heterocycles. The quantitative estimate of drug-likeness (QED) is 0.222. The predicted molar refractivity (Wildman–Crippen MR) is 172 cm³/mol. The van der Waals surface area contributed by atoms with Crippen molar-refractivity contribution in [2.45, 2.75) is 0 Å². The Kier molecular flexibility index (Phi) is 4.77. The summed E-state index contributed by atoms with van der Waals surface area (Å²) >= 11 is 1.73. The topological polar surface area (TPSA) is 31.0 Å². The summed E-state index contributed by atoms with van der Waals surface area (Å²) in [4.78, 5) is 4.99. The standard InChI is InChI=1S/C37H22N2OS/c1-4-10-31-27(7-1)28-8-2-5-11-32(28)39(31)26-19-17-24(18-20-26)23-13-15-25(16-14-23)37-38-30-21-22-34-35(36(30)41-37)29-9-3-6-12-33(29)40-34/h1-22H. The Balaban J connectivity index is 1.08. The van der Waals surface area contributed by atoms with Crippen LogP contribution in [0, 0.1) is 0 Å². The van der Waals surface area contributed by atoms with Crippen molar-refractivity contribution in [3.8, 4) is 27.4 Å². The Bertz CT molecular complexity index is 2350. The fourth-order valence-corrected chi connectivity index (χ4v) is 7.25. The molecule has 3 aromatic heterocycles. The third kappa shape index (κ3) is 3.41. The third-order valence-electron chi connectivity index (χ3n) is 8.07. The van der Waals surface area contributed by atoms with Gasteiger partial charge in [-0.15, -0.1) is 11.3 Å². The summed E-state index contributed by atoms with van der Waals surface area (Å²) in [7, 11) is 0. The van der Waals surface area contributed by atoms with E-state index in [0.717, 1.165) is 43.7 Å². The van der Waals surface area contributed by atoms with Gasteiger partial charge in [0.25, 0.3) is 0 Å². The van der Waals surface area contributed by atoms with Crippen LogP contribution in [0.15, 0.2) is 138 Å². The van der Waals surface area contributed by atoms with E-state index < -0.39 is 0 Å². The molecule has 0 radical (unpaired) electrons. The predicted octanol–water partition coefficient (Wildman–Crippen LogP) is 10.6. The van der Waals surface area contributed by atoms with E-state index in [4.69, 9.17) is 9.40 Å². The third-order valence-corrected chi connectivity index (χ3v) is 9.20. The van der Waals surface area contributed by atoms with Crippen LogP contribution in [0.1, 0.15) is 0 Å². The molecule has 0 aliphatic heterocycles. The highest BCUT2D eigenvalue weighted by atomic mass is 32.1. The van der Waals surface area contributed by atoms with Gasteiger partial charge in [-0.25, -0.2) is 4.98 Å². The van der Waals surface area contributed by atoms with E-state index in [1.165, 1.54) is 37.6 Å². The van der Waals surface area contributed by atoms with Crippen LogP contribution >= 0.6 is 11.3 Å². The van der Waals surface area contributed by atoms with Gasteiger partial charge < -0.3 is 8.98 Å². The fourth-order valence-electron chi connectivity index (χ4n) is 6.13. The maximum absolute atomic E-state index is 6.09. The minimum absolute atomic E-state index is 0.911. The van der Waals surface area contributed by atoms with E-state index in [-0.39, 0.29) is 0 Å². The minimum Gasteiger partial charge on any atom is -0.456 e. The lowest BCUT2D eigenvalue weighted by molar-refractivity contribution is 0.669. The molecule has 0 atom stereocenters. The number of furan rings is 1. The average molecular weight is 543 g/mol. The second kappa shape index (κ2) is 8.65. The van der Waals surface area contributed by atoms with Gasteiger partial charge in [0.15, 0.2) is 0 Å². The van der Waals surface area contributed by atoms with Crippen LogP contribution in [0.4, 0.5) is 0 Å². The Morgan fingerprint density at radius 3 is 1.80 bits per heavy atom. The van der Waals surface area contributed by atoms with Crippen LogP contribution in [0.2, 0.25) is 0 Å². The molecule has 3 heterocycles. The number of nitrogens with zero attached hydrogens (tertiary/aromatic N) is 2. The molecule has 0 fully saturated rings. The van der Waals surface area contributed by atoms with Gasteiger partial charge in [-0.3, -0.25) is 0 Å². The van der Waals surface area contributed by atoms with Gasteiger partial charge in [-0.05, 0) is 53.6 Å². The maximum atomic E-state index is 6.09. The first kappa shape index (κ1) is 22.6. The molecular weight excluding hydrogens is 520 g/mol. The summed E-state index contributed by atoms with van der Waals surface area (Å²) in [6, 6.07) is 47.2. The molecule has 9 aromatic rings. The van der Waals surface area contributed by atoms with Gasteiger partial charge in [0.2, 0.25) is 0 Å². The van der Waals surface area contributed by atoms with Crippen LogP contribution in [0.3, 0.4) is 0 Å².